The Hall–Kier alpha value is -2.99. The largest absolute Gasteiger partial charge is 0.480 e. The minimum absolute atomic E-state index is 0.0311. The van der Waals surface area contributed by atoms with Gasteiger partial charge in [-0.15, -0.1) is 0 Å². The number of hydrogen-bond acceptors (Lipinski definition) is 5. The molecule has 0 saturated carbocycles. The molecule has 0 spiro atoms. The topological polar surface area (TPSA) is 68.6 Å². The zero-order chi connectivity index (χ0) is 21.0. The highest BCUT2D eigenvalue weighted by atomic mass is 32.2. The van der Waals surface area contributed by atoms with Gasteiger partial charge in [-0.2, -0.15) is 0 Å². The van der Waals surface area contributed by atoms with Crippen molar-refractivity contribution in [2.45, 2.75) is 24.7 Å². The van der Waals surface area contributed by atoms with Crippen LogP contribution in [0, 0.1) is 0 Å². The minimum Gasteiger partial charge on any atom is -0.480 e. The van der Waals surface area contributed by atoms with Gasteiger partial charge in [0.05, 0.1) is 24.2 Å². The molecule has 0 aliphatic rings. The SMILES string of the molecule is COc1nc(C(C)C)c(N=C(c2ccccc2)c2ccccc2)cc1S(C)(=O)=O. The van der Waals surface area contributed by atoms with E-state index in [-0.39, 0.29) is 16.7 Å². The summed E-state index contributed by atoms with van der Waals surface area (Å²) >= 11 is 0. The van der Waals surface area contributed by atoms with Crippen LogP contribution in [0.15, 0.2) is 76.6 Å². The van der Waals surface area contributed by atoms with Gasteiger partial charge in [-0.1, -0.05) is 74.5 Å². The van der Waals surface area contributed by atoms with Crippen LogP contribution in [0.5, 0.6) is 5.88 Å². The molecule has 0 unspecified atom stereocenters. The molecule has 0 N–H and O–H groups in total. The van der Waals surface area contributed by atoms with Crippen LogP contribution in [0.4, 0.5) is 5.69 Å². The highest BCUT2D eigenvalue weighted by Gasteiger charge is 2.22. The first-order chi connectivity index (χ1) is 13.8. The van der Waals surface area contributed by atoms with Crippen molar-refractivity contribution in [3.05, 3.63) is 83.6 Å². The fourth-order valence-electron chi connectivity index (χ4n) is 3.02. The molecule has 0 aliphatic heterocycles. The summed E-state index contributed by atoms with van der Waals surface area (Å²) in [6.07, 6.45) is 1.14. The molecule has 1 heterocycles. The van der Waals surface area contributed by atoms with Crippen LogP contribution in [-0.2, 0) is 9.84 Å². The number of nitrogens with zero attached hydrogens (tertiary/aromatic N) is 2. The number of ether oxygens (including phenoxy) is 1. The van der Waals surface area contributed by atoms with Crippen LogP contribution in [0.2, 0.25) is 0 Å². The number of aliphatic imine (C=N–C) groups is 1. The molecule has 0 saturated heterocycles. The van der Waals surface area contributed by atoms with Crippen LogP contribution in [0.25, 0.3) is 0 Å². The molecule has 2 aromatic carbocycles. The highest BCUT2D eigenvalue weighted by Crippen LogP contribution is 2.34. The summed E-state index contributed by atoms with van der Waals surface area (Å²) in [6, 6.07) is 21.2. The number of aromatic nitrogens is 1. The van der Waals surface area contributed by atoms with Crippen LogP contribution < -0.4 is 4.74 Å². The Balaban J connectivity index is 2.32. The third-order valence-corrected chi connectivity index (χ3v) is 5.52. The smallest absolute Gasteiger partial charge is 0.232 e. The van der Waals surface area contributed by atoms with Crippen LogP contribution in [0.1, 0.15) is 36.6 Å². The summed E-state index contributed by atoms with van der Waals surface area (Å²) in [5.41, 5.74) is 3.82. The van der Waals surface area contributed by atoms with Gasteiger partial charge in [0.25, 0.3) is 0 Å². The van der Waals surface area contributed by atoms with Crippen molar-refractivity contribution in [3.8, 4) is 5.88 Å². The summed E-state index contributed by atoms with van der Waals surface area (Å²) in [4.78, 5) is 9.42. The fraction of sp³-hybridized carbons (Fsp3) is 0.217. The number of rotatable bonds is 6. The first-order valence-corrected chi connectivity index (χ1v) is 11.2. The first-order valence-electron chi connectivity index (χ1n) is 9.29. The monoisotopic (exact) mass is 408 g/mol. The lowest BCUT2D eigenvalue weighted by Gasteiger charge is -2.15. The van der Waals surface area contributed by atoms with E-state index >= 15 is 0 Å². The van der Waals surface area contributed by atoms with Crippen molar-refractivity contribution in [1.29, 1.82) is 0 Å². The Morgan fingerprint density at radius 3 is 1.90 bits per heavy atom. The van der Waals surface area contributed by atoms with E-state index in [4.69, 9.17) is 9.73 Å². The highest BCUT2D eigenvalue weighted by molar-refractivity contribution is 7.90. The summed E-state index contributed by atoms with van der Waals surface area (Å²) in [5, 5.41) is 0. The van der Waals surface area contributed by atoms with Crippen LogP contribution >= 0.6 is 0 Å². The molecule has 0 atom stereocenters. The molecule has 1 aromatic heterocycles. The molecule has 0 fully saturated rings. The number of sulfone groups is 1. The van der Waals surface area contributed by atoms with Crippen molar-refractivity contribution in [3.63, 3.8) is 0 Å². The Morgan fingerprint density at radius 2 is 1.48 bits per heavy atom. The first kappa shape index (κ1) is 20.7. The van der Waals surface area contributed by atoms with Crippen molar-refractivity contribution in [1.82, 2.24) is 4.98 Å². The number of pyridine rings is 1. The third-order valence-electron chi connectivity index (χ3n) is 4.43. The van der Waals surface area contributed by atoms with E-state index in [1.807, 2.05) is 74.5 Å². The molecule has 150 valence electrons. The van der Waals surface area contributed by atoms with Gasteiger partial charge < -0.3 is 4.74 Å². The second-order valence-electron chi connectivity index (χ2n) is 7.02. The second kappa shape index (κ2) is 8.57. The van der Waals surface area contributed by atoms with Gasteiger partial charge in [0.15, 0.2) is 9.84 Å². The van der Waals surface area contributed by atoms with E-state index in [9.17, 15) is 8.42 Å². The van der Waals surface area contributed by atoms with Gasteiger partial charge in [-0.05, 0) is 12.0 Å². The van der Waals surface area contributed by atoms with Gasteiger partial charge in [0, 0.05) is 17.4 Å². The van der Waals surface area contributed by atoms with Gasteiger partial charge in [-0.3, -0.25) is 0 Å². The van der Waals surface area contributed by atoms with Crippen LogP contribution in [0.3, 0.4) is 0 Å². The normalized spacial score (nSPS) is 11.3. The van der Waals surface area contributed by atoms with Gasteiger partial charge in [-0.25, -0.2) is 18.4 Å². The lowest BCUT2D eigenvalue weighted by Crippen LogP contribution is -2.07. The Bertz CT molecular complexity index is 1080. The number of methoxy groups -OCH3 is 1. The average Bonchev–Trinajstić information content (AvgIpc) is 2.72. The van der Waals surface area contributed by atoms with E-state index in [1.54, 1.807) is 6.07 Å². The molecule has 0 aliphatic carbocycles. The molecule has 0 amide bonds. The van der Waals surface area contributed by atoms with Crippen molar-refractivity contribution in [2.75, 3.05) is 13.4 Å². The van der Waals surface area contributed by atoms with E-state index in [2.05, 4.69) is 4.98 Å². The molecule has 5 nitrogen and oxygen atoms in total. The lowest BCUT2D eigenvalue weighted by molar-refractivity contribution is 0.383. The van der Waals surface area contributed by atoms with Crippen LogP contribution in [-0.4, -0.2) is 32.5 Å². The van der Waals surface area contributed by atoms with E-state index in [0.29, 0.717) is 11.4 Å². The van der Waals surface area contributed by atoms with Gasteiger partial charge >= 0.3 is 0 Å². The van der Waals surface area contributed by atoms with Crippen molar-refractivity contribution >= 4 is 21.2 Å². The van der Waals surface area contributed by atoms with Crippen molar-refractivity contribution < 1.29 is 13.2 Å². The molecule has 29 heavy (non-hydrogen) atoms. The number of benzene rings is 2. The summed E-state index contributed by atoms with van der Waals surface area (Å²) < 4.78 is 29.9. The molecule has 0 radical (unpaired) electrons. The summed E-state index contributed by atoms with van der Waals surface area (Å²) in [5.74, 6) is 0.125. The van der Waals surface area contributed by atoms with Crippen molar-refractivity contribution in [2.24, 2.45) is 4.99 Å². The third kappa shape index (κ3) is 4.71. The Labute approximate surface area is 172 Å². The summed E-state index contributed by atoms with van der Waals surface area (Å²) in [7, 11) is -2.11. The quantitative estimate of drug-likeness (QED) is 0.550. The van der Waals surface area contributed by atoms with E-state index in [1.165, 1.54) is 7.11 Å². The molecule has 3 aromatic rings. The Morgan fingerprint density at radius 1 is 0.966 bits per heavy atom. The number of hydrogen-bond donors (Lipinski definition) is 0. The maximum absolute atomic E-state index is 12.3. The van der Waals surface area contributed by atoms with E-state index in [0.717, 1.165) is 23.1 Å². The predicted molar refractivity (Wildman–Crippen MR) is 116 cm³/mol. The minimum atomic E-state index is -3.53. The zero-order valence-electron chi connectivity index (χ0n) is 17.0. The lowest BCUT2D eigenvalue weighted by atomic mass is 10.0. The Kier molecular flexibility index (Phi) is 6.13. The maximum Gasteiger partial charge on any atom is 0.232 e. The average molecular weight is 409 g/mol. The second-order valence-corrected chi connectivity index (χ2v) is 9.00. The molecule has 3 rings (SSSR count). The zero-order valence-corrected chi connectivity index (χ0v) is 17.8. The summed E-state index contributed by atoms with van der Waals surface area (Å²) in [6.45, 7) is 3.98. The fourth-order valence-corrected chi connectivity index (χ4v) is 3.79. The van der Waals surface area contributed by atoms with Gasteiger partial charge in [0.2, 0.25) is 5.88 Å². The van der Waals surface area contributed by atoms with Gasteiger partial charge in [0.1, 0.15) is 4.90 Å². The van der Waals surface area contributed by atoms with E-state index < -0.39 is 9.84 Å². The standard InChI is InChI=1S/C23H24N2O3S/c1-16(2)21-19(15-20(29(4,26)27)23(25-21)28-3)24-22(17-11-7-5-8-12-17)18-13-9-6-10-14-18/h5-16H,1-4H3. The molecule has 6 heteroatoms. The molecule has 0 bridgehead atoms. The molecular formula is C23H24N2O3S. The molecular weight excluding hydrogens is 384 g/mol. The maximum atomic E-state index is 12.3. The predicted octanol–water partition coefficient (Wildman–Crippen LogP) is 4.79.